The molecule has 17 heavy (non-hydrogen) atoms. The molecule has 1 saturated carbocycles. The first-order chi connectivity index (χ1) is 8.31. The van der Waals surface area contributed by atoms with Gasteiger partial charge in [-0.2, -0.15) is 5.26 Å². The topological polar surface area (TPSA) is 45.0 Å². The van der Waals surface area contributed by atoms with Crippen molar-refractivity contribution >= 4 is 0 Å². The number of nitrogens with zero attached hydrogens (tertiary/aromatic N) is 1. The molecular weight excluding hydrogens is 212 g/mol. The van der Waals surface area contributed by atoms with Crippen LogP contribution in [0.4, 0.5) is 0 Å². The second-order valence-corrected chi connectivity index (χ2v) is 5.56. The van der Waals surface area contributed by atoms with Crippen LogP contribution in [0.2, 0.25) is 0 Å². The zero-order valence-electron chi connectivity index (χ0n) is 10.8. The fraction of sp³-hybridized carbons (Fsp3) is 0.929. The molecule has 0 aromatic heterocycles. The second kappa shape index (κ2) is 6.37. The summed E-state index contributed by atoms with van der Waals surface area (Å²) in [6, 6.07) is 3.38. The zero-order valence-corrected chi connectivity index (χ0v) is 10.8. The Morgan fingerprint density at radius 2 is 2.06 bits per heavy atom. The molecule has 1 aliphatic heterocycles. The molecular formula is C14H24N2O. The Morgan fingerprint density at radius 3 is 2.76 bits per heavy atom. The van der Waals surface area contributed by atoms with Crippen molar-refractivity contribution in [2.75, 3.05) is 13.2 Å². The third kappa shape index (κ3) is 3.43. The van der Waals surface area contributed by atoms with Crippen LogP contribution < -0.4 is 5.32 Å². The second-order valence-electron chi connectivity index (χ2n) is 5.56. The SMILES string of the molecule is CC(NC1CCCCCC1C#N)C1CCOC1. The Balaban J connectivity index is 1.88. The minimum atomic E-state index is 0.210. The lowest BCUT2D eigenvalue weighted by molar-refractivity contribution is 0.174. The molecule has 1 aliphatic carbocycles. The van der Waals surface area contributed by atoms with Crippen molar-refractivity contribution in [2.24, 2.45) is 11.8 Å². The van der Waals surface area contributed by atoms with Gasteiger partial charge in [0.05, 0.1) is 18.6 Å². The van der Waals surface area contributed by atoms with Gasteiger partial charge in [-0.15, -0.1) is 0 Å². The molecule has 0 aromatic carbocycles. The average molecular weight is 236 g/mol. The van der Waals surface area contributed by atoms with Gasteiger partial charge in [0.25, 0.3) is 0 Å². The minimum Gasteiger partial charge on any atom is -0.381 e. The molecule has 96 valence electrons. The van der Waals surface area contributed by atoms with Crippen LogP contribution in [0.1, 0.15) is 45.4 Å². The molecule has 1 saturated heterocycles. The van der Waals surface area contributed by atoms with E-state index in [2.05, 4.69) is 18.3 Å². The van der Waals surface area contributed by atoms with E-state index in [4.69, 9.17) is 4.74 Å². The molecule has 2 aliphatic rings. The Bertz CT molecular complexity index is 268. The summed E-state index contributed by atoms with van der Waals surface area (Å²) in [5, 5.41) is 12.9. The van der Waals surface area contributed by atoms with Crippen molar-refractivity contribution < 1.29 is 4.74 Å². The maximum atomic E-state index is 9.25. The normalized spacial score (nSPS) is 36.1. The molecule has 2 rings (SSSR count). The monoisotopic (exact) mass is 236 g/mol. The van der Waals surface area contributed by atoms with Crippen molar-refractivity contribution in [1.29, 1.82) is 5.26 Å². The van der Waals surface area contributed by atoms with Crippen molar-refractivity contribution in [3.63, 3.8) is 0 Å². The van der Waals surface area contributed by atoms with Gasteiger partial charge in [-0.05, 0) is 32.1 Å². The summed E-state index contributed by atoms with van der Waals surface area (Å²) in [5.74, 6) is 0.847. The Hall–Kier alpha value is -0.590. The summed E-state index contributed by atoms with van der Waals surface area (Å²) in [6.45, 7) is 4.04. The standard InChI is InChI=1S/C14H24N2O/c1-11(13-7-8-17-10-13)16-14-6-4-2-3-5-12(14)9-15/h11-14,16H,2-8,10H2,1H3. The number of hydrogen-bond acceptors (Lipinski definition) is 3. The van der Waals surface area contributed by atoms with Crippen LogP contribution in [0.15, 0.2) is 0 Å². The van der Waals surface area contributed by atoms with Crippen molar-refractivity contribution in [3.8, 4) is 6.07 Å². The van der Waals surface area contributed by atoms with Crippen LogP contribution in [0.25, 0.3) is 0 Å². The predicted molar refractivity (Wildman–Crippen MR) is 67.5 cm³/mol. The van der Waals surface area contributed by atoms with Gasteiger partial charge in [-0.25, -0.2) is 0 Å². The quantitative estimate of drug-likeness (QED) is 0.766. The van der Waals surface area contributed by atoms with Gasteiger partial charge < -0.3 is 10.1 Å². The summed E-state index contributed by atoms with van der Waals surface area (Å²) in [6.07, 6.45) is 7.18. The lowest BCUT2D eigenvalue weighted by atomic mass is 9.93. The molecule has 1 heterocycles. The van der Waals surface area contributed by atoms with Gasteiger partial charge in [0.1, 0.15) is 0 Å². The van der Waals surface area contributed by atoms with Gasteiger partial charge >= 0.3 is 0 Å². The molecule has 3 heteroatoms. The highest BCUT2D eigenvalue weighted by molar-refractivity contribution is 4.95. The molecule has 3 nitrogen and oxygen atoms in total. The minimum absolute atomic E-state index is 0.210. The van der Waals surface area contributed by atoms with E-state index < -0.39 is 0 Å². The molecule has 2 fully saturated rings. The van der Waals surface area contributed by atoms with Gasteiger partial charge in [0.15, 0.2) is 0 Å². The van der Waals surface area contributed by atoms with Crippen LogP contribution in [-0.4, -0.2) is 25.3 Å². The first kappa shape index (κ1) is 12.9. The molecule has 0 bridgehead atoms. The Kier molecular flexibility index (Phi) is 4.82. The van der Waals surface area contributed by atoms with Crippen LogP contribution >= 0.6 is 0 Å². The first-order valence-electron chi connectivity index (χ1n) is 7.04. The molecule has 0 spiro atoms. The van der Waals surface area contributed by atoms with E-state index in [0.717, 1.165) is 32.5 Å². The van der Waals surface area contributed by atoms with Crippen LogP contribution in [0.3, 0.4) is 0 Å². The highest BCUT2D eigenvalue weighted by atomic mass is 16.5. The van der Waals surface area contributed by atoms with E-state index in [1.807, 2.05) is 0 Å². The largest absolute Gasteiger partial charge is 0.381 e. The van der Waals surface area contributed by atoms with Crippen LogP contribution in [-0.2, 0) is 4.74 Å². The maximum Gasteiger partial charge on any atom is 0.0672 e. The summed E-state index contributed by atoms with van der Waals surface area (Å²) in [5.41, 5.74) is 0. The van der Waals surface area contributed by atoms with E-state index in [-0.39, 0.29) is 5.92 Å². The summed E-state index contributed by atoms with van der Waals surface area (Å²) in [4.78, 5) is 0. The Morgan fingerprint density at radius 1 is 1.24 bits per heavy atom. The number of rotatable bonds is 3. The van der Waals surface area contributed by atoms with E-state index in [0.29, 0.717) is 18.0 Å². The van der Waals surface area contributed by atoms with Gasteiger partial charge in [-0.1, -0.05) is 19.3 Å². The summed E-state index contributed by atoms with van der Waals surface area (Å²) in [7, 11) is 0. The molecule has 1 N–H and O–H groups in total. The maximum absolute atomic E-state index is 9.25. The average Bonchev–Trinajstić information content (AvgIpc) is 2.78. The lowest BCUT2D eigenvalue weighted by Gasteiger charge is -2.28. The predicted octanol–water partition coefficient (Wildman–Crippen LogP) is 2.47. The molecule has 4 unspecified atom stereocenters. The molecule has 4 atom stereocenters. The summed E-state index contributed by atoms with van der Waals surface area (Å²) >= 11 is 0. The van der Waals surface area contributed by atoms with Gasteiger partial charge in [-0.3, -0.25) is 0 Å². The third-order valence-corrected chi connectivity index (χ3v) is 4.33. The zero-order chi connectivity index (χ0) is 12.1. The molecule has 0 radical (unpaired) electrons. The van der Waals surface area contributed by atoms with Crippen molar-refractivity contribution in [3.05, 3.63) is 0 Å². The number of ether oxygens (including phenoxy) is 1. The smallest absolute Gasteiger partial charge is 0.0672 e. The number of hydrogen-bond donors (Lipinski definition) is 1. The van der Waals surface area contributed by atoms with Gasteiger partial charge in [0.2, 0.25) is 0 Å². The Labute approximate surface area is 105 Å². The van der Waals surface area contributed by atoms with E-state index in [1.165, 1.54) is 19.3 Å². The number of nitriles is 1. The fourth-order valence-corrected chi connectivity index (χ4v) is 3.08. The highest BCUT2D eigenvalue weighted by Gasteiger charge is 2.28. The first-order valence-corrected chi connectivity index (χ1v) is 7.04. The molecule has 0 amide bonds. The summed E-state index contributed by atoms with van der Waals surface area (Å²) < 4.78 is 5.44. The van der Waals surface area contributed by atoms with E-state index in [9.17, 15) is 5.26 Å². The van der Waals surface area contributed by atoms with Crippen molar-refractivity contribution in [2.45, 2.75) is 57.5 Å². The number of nitrogens with one attached hydrogen (secondary N) is 1. The van der Waals surface area contributed by atoms with Gasteiger partial charge in [0, 0.05) is 18.7 Å². The fourth-order valence-electron chi connectivity index (χ4n) is 3.08. The third-order valence-electron chi connectivity index (χ3n) is 4.33. The lowest BCUT2D eigenvalue weighted by Crippen LogP contribution is -2.44. The van der Waals surface area contributed by atoms with Crippen LogP contribution in [0.5, 0.6) is 0 Å². The van der Waals surface area contributed by atoms with Crippen LogP contribution in [0, 0.1) is 23.2 Å². The van der Waals surface area contributed by atoms with Crippen molar-refractivity contribution in [1.82, 2.24) is 5.32 Å². The van der Waals surface area contributed by atoms with E-state index >= 15 is 0 Å². The highest BCUT2D eigenvalue weighted by Crippen LogP contribution is 2.25. The van der Waals surface area contributed by atoms with E-state index in [1.54, 1.807) is 0 Å². The molecule has 0 aromatic rings.